The Morgan fingerprint density at radius 2 is 2.05 bits per heavy atom. The van der Waals surface area contributed by atoms with Gasteiger partial charge in [-0.2, -0.15) is 0 Å². The van der Waals surface area contributed by atoms with Crippen molar-refractivity contribution in [3.05, 3.63) is 51.0 Å². The summed E-state index contributed by atoms with van der Waals surface area (Å²) >= 11 is 1.63. The van der Waals surface area contributed by atoms with Gasteiger partial charge in [-0.25, -0.2) is 4.98 Å². The monoisotopic (exact) mass is 303 g/mol. The molecule has 1 aromatic heterocycles. The lowest BCUT2D eigenvalue weighted by Crippen LogP contribution is -2.12. The molecule has 0 amide bonds. The maximum Gasteiger partial charge on any atom is 0.0957 e. The molecule has 0 aliphatic carbocycles. The Morgan fingerprint density at radius 3 is 2.76 bits per heavy atom. The minimum absolute atomic E-state index is 0.0601. The Balaban J connectivity index is 1.74. The molecule has 1 unspecified atom stereocenters. The van der Waals surface area contributed by atoms with Crippen molar-refractivity contribution in [2.45, 2.75) is 51.9 Å². The SMILES string of the molecule is CC(C)(C)c1csc(CC(O)c2ccc3c(c2)COC3)n1. The molecular weight excluding hydrogens is 282 g/mol. The summed E-state index contributed by atoms with van der Waals surface area (Å²) in [6, 6.07) is 6.12. The van der Waals surface area contributed by atoms with Gasteiger partial charge in [-0.15, -0.1) is 11.3 Å². The second-order valence-corrected chi connectivity index (χ2v) is 7.56. The predicted octanol–water partition coefficient (Wildman–Crippen LogP) is 3.75. The highest BCUT2D eigenvalue weighted by atomic mass is 32.1. The minimum atomic E-state index is -0.505. The smallest absolute Gasteiger partial charge is 0.0957 e. The molecule has 3 nitrogen and oxygen atoms in total. The summed E-state index contributed by atoms with van der Waals surface area (Å²) in [4.78, 5) is 4.65. The molecule has 4 heteroatoms. The highest BCUT2D eigenvalue weighted by molar-refractivity contribution is 7.09. The molecule has 1 aliphatic heterocycles. The second-order valence-electron chi connectivity index (χ2n) is 6.62. The van der Waals surface area contributed by atoms with Gasteiger partial charge in [-0.05, 0) is 16.7 Å². The van der Waals surface area contributed by atoms with Crippen LogP contribution in [-0.2, 0) is 29.8 Å². The average Bonchev–Trinajstić information content (AvgIpc) is 3.04. The summed E-state index contributed by atoms with van der Waals surface area (Å²) in [6.45, 7) is 7.81. The number of benzene rings is 1. The van der Waals surface area contributed by atoms with Gasteiger partial charge in [0.1, 0.15) is 0 Å². The molecule has 2 aromatic rings. The zero-order valence-electron chi connectivity index (χ0n) is 12.7. The van der Waals surface area contributed by atoms with Crippen LogP contribution in [0.15, 0.2) is 23.6 Å². The standard InChI is InChI=1S/C17H21NO2S/c1-17(2,3)15-10-21-16(18-15)7-14(19)11-4-5-12-8-20-9-13(12)6-11/h4-6,10,14,19H,7-9H2,1-3H3. The average molecular weight is 303 g/mol. The van der Waals surface area contributed by atoms with E-state index in [9.17, 15) is 5.11 Å². The Morgan fingerprint density at radius 1 is 1.29 bits per heavy atom. The van der Waals surface area contributed by atoms with Gasteiger partial charge in [-0.1, -0.05) is 39.0 Å². The molecule has 0 saturated heterocycles. The van der Waals surface area contributed by atoms with Crippen molar-refractivity contribution >= 4 is 11.3 Å². The number of rotatable bonds is 3. The molecule has 1 atom stereocenters. The van der Waals surface area contributed by atoms with Crippen molar-refractivity contribution in [1.29, 1.82) is 0 Å². The van der Waals surface area contributed by atoms with Gasteiger partial charge in [-0.3, -0.25) is 0 Å². The third-order valence-corrected chi connectivity index (χ3v) is 4.69. The largest absolute Gasteiger partial charge is 0.388 e. The van der Waals surface area contributed by atoms with E-state index in [1.807, 2.05) is 6.07 Å². The normalized spacial score (nSPS) is 16.0. The van der Waals surface area contributed by atoms with Gasteiger partial charge in [0.25, 0.3) is 0 Å². The molecule has 1 aliphatic rings. The van der Waals surface area contributed by atoms with Crippen molar-refractivity contribution in [1.82, 2.24) is 4.98 Å². The number of aliphatic hydroxyl groups excluding tert-OH is 1. The lowest BCUT2D eigenvalue weighted by atomic mass is 9.93. The second kappa shape index (κ2) is 5.52. The Labute approximate surface area is 129 Å². The van der Waals surface area contributed by atoms with E-state index in [0.717, 1.165) is 16.3 Å². The molecule has 0 radical (unpaired) electrons. The van der Waals surface area contributed by atoms with Crippen LogP contribution in [0, 0.1) is 0 Å². The molecule has 0 fully saturated rings. The first-order valence-electron chi connectivity index (χ1n) is 7.26. The van der Waals surface area contributed by atoms with Gasteiger partial charge in [0.05, 0.1) is 30.0 Å². The summed E-state index contributed by atoms with van der Waals surface area (Å²) in [5.74, 6) is 0. The highest BCUT2D eigenvalue weighted by Crippen LogP contribution is 2.28. The van der Waals surface area contributed by atoms with Crippen LogP contribution >= 0.6 is 11.3 Å². The van der Waals surface area contributed by atoms with Gasteiger partial charge in [0, 0.05) is 17.2 Å². The van der Waals surface area contributed by atoms with Crippen LogP contribution in [-0.4, -0.2) is 10.1 Å². The third kappa shape index (κ3) is 3.18. The molecule has 1 aromatic carbocycles. The molecule has 21 heavy (non-hydrogen) atoms. The Bertz CT molecular complexity index is 642. The molecule has 0 saturated carbocycles. The van der Waals surface area contributed by atoms with E-state index in [0.29, 0.717) is 19.6 Å². The summed E-state index contributed by atoms with van der Waals surface area (Å²) in [5, 5.41) is 13.5. The Hall–Kier alpha value is -1.23. The van der Waals surface area contributed by atoms with E-state index in [2.05, 4.69) is 43.3 Å². The maximum absolute atomic E-state index is 10.4. The molecule has 1 N–H and O–H groups in total. The first kappa shape index (κ1) is 14.7. The maximum atomic E-state index is 10.4. The van der Waals surface area contributed by atoms with Crippen LogP contribution in [0.25, 0.3) is 0 Å². The van der Waals surface area contributed by atoms with Crippen LogP contribution in [0.3, 0.4) is 0 Å². The van der Waals surface area contributed by atoms with Crippen LogP contribution in [0.5, 0.6) is 0 Å². The number of ether oxygens (including phenoxy) is 1. The molecule has 2 heterocycles. The number of nitrogens with zero attached hydrogens (tertiary/aromatic N) is 1. The van der Waals surface area contributed by atoms with Gasteiger partial charge in [0.2, 0.25) is 0 Å². The number of fused-ring (bicyclic) bond motifs is 1. The fourth-order valence-electron chi connectivity index (χ4n) is 2.43. The minimum Gasteiger partial charge on any atom is -0.388 e. The van der Waals surface area contributed by atoms with E-state index in [1.54, 1.807) is 11.3 Å². The molecule has 0 bridgehead atoms. The summed E-state index contributed by atoms with van der Waals surface area (Å²) < 4.78 is 5.42. The van der Waals surface area contributed by atoms with Crippen molar-refractivity contribution in [3.63, 3.8) is 0 Å². The lowest BCUT2D eigenvalue weighted by molar-refractivity contribution is 0.134. The van der Waals surface area contributed by atoms with Crippen LogP contribution in [0.4, 0.5) is 0 Å². The van der Waals surface area contributed by atoms with Crippen LogP contribution in [0.1, 0.15) is 54.3 Å². The number of aromatic nitrogens is 1. The van der Waals surface area contributed by atoms with Crippen LogP contribution < -0.4 is 0 Å². The zero-order valence-corrected chi connectivity index (χ0v) is 13.5. The predicted molar refractivity (Wildman–Crippen MR) is 84.4 cm³/mol. The van der Waals surface area contributed by atoms with Crippen molar-refractivity contribution in [2.24, 2.45) is 0 Å². The lowest BCUT2D eigenvalue weighted by Gasteiger charge is -2.14. The number of hydrogen-bond acceptors (Lipinski definition) is 4. The number of aliphatic hydroxyl groups is 1. The first-order valence-corrected chi connectivity index (χ1v) is 8.14. The zero-order chi connectivity index (χ0) is 15.0. The van der Waals surface area contributed by atoms with E-state index in [4.69, 9.17) is 4.74 Å². The van der Waals surface area contributed by atoms with E-state index < -0.39 is 6.10 Å². The van der Waals surface area contributed by atoms with E-state index >= 15 is 0 Å². The van der Waals surface area contributed by atoms with E-state index in [-0.39, 0.29) is 5.41 Å². The van der Waals surface area contributed by atoms with Gasteiger partial charge >= 0.3 is 0 Å². The topological polar surface area (TPSA) is 42.4 Å². The van der Waals surface area contributed by atoms with Crippen molar-refractivity contribution in [3.8, 4) is 0 Å². The van der Waals surface area contributed by atoms with Crippen molar-refractivity contribution in [2.75, 3.05) is 0 Å². The van der Waals surface area contributed by atoms with Gasteiger partial charge < -0.3 is 9.84 Å². The fraction of sp³-hybridized carbons (Fsp3) is 0.471. The molecular formula is C17H21NO2S. The Kier molecular flexibility index (Phi) is 3.86. The van der Waals surface area contributed by atoms with Gasteiger partial charge in [0.15, 0.2) is 0 Å². The summed E-state index contributed by atoms with van der Waals surface area (Å²) in [5.41, 5.74) is 4.53. The highest BCUT2D eigenvalue weighted by Gasteiger charge is 2.20. The third-order valence-electron chi connectivity index (χ3n) is 3.82. The summed E-state index contributed by atoms with van der Waals surface area (Å²) in [7, 11) is 0. The van der Waals surface area contributed by atoms with Crippen LogP contribution in [0.2, 0.25) is 0 Å². The first-order chi connectivity index (χ1) is 9.93. The van der Waals surface area contributed by atoms with E-state index in [1.165, 1.54) is 11.1 Å². The quantitative estimate of drug-likeness (QED) is 0.939. The molecule has 3 rings (SSSR count). The van der Waals surface area contributed by atoms with Crippen molar-refractivity contribution < 1.29 is 9.84 Å². The number of thiazole rings is 1. The fourth-order valence-corrected chi connectivity index (χ4v) is 3.49. The number of hydrogen-bond donors (Lipinski definition) is 1. The molecule has 0 spiro atoms. The summed E-state index contributed by atoms with van der Waals surface area (Å²) in [6.07, 6.45) is 0.0651. The molecule has 112 valence electrons.